The van der Waals surface area contributed by atoms with Crippen LogP contribution in [0.25, 0.3) is 0 Å². The fourth-order valence-electron chi connectivity index (χ4n) is 3.23. The summed E-state index contributed by atoms with van der Waals surface area (Å²) in [5.41, 5.74) is 0. The molecule has 1 aliphatic rings. The summed E-state index contributed by atoms with van der Waals surface area (Å²) in [7, 11) is 0. The highest BCUT2D eigenvalue weighted by Crippen LogP contribution is 2.20. The van der Waals surface area contributed by atoms with Gasteiger partial charge in [-0.25, -0.2) is 0 Å². The zero-order chi connectivity index (χ0) is 17.4. The van der Waals surface area contributed by atoms with Crippen LogP contribution in [0.2, 0.25) is 0 Å². The van der Waals surface area contributed by atoms with E-state index in [4.69, 9.17) is 4.42 Å². The van der Waals surface area contributed by atoms with Gasteiger partial charge < -0.3 is 14.6 Å². The number of hydrogen-bond donors (Lipinski definition) is 1. The number of unbranched alkanes of at least 4 members (excludes halogenated alkanes) is 1. The van der Waals surface area contributed by atoms with Crippen molar-refractivity contribution in [2.24, 2.45) is 11.8 Å². The van der Waals surface area contributed by atoms with Crippen LogP contribution in [0.5, 0.6) is 0 Å². The van der Waals surface area contributed by atoms with Crippen molar-refractivity contribution in [2.45, 2.75) is 52.4 Å². The van der Waals surface area contributed by atoms with Gasteiger partial charge in [-0.05, 0) is 37.3 Å². The van der Waals surface area contributed by atoms with Crippen LogP contribution in [0.15, 0.2) is 22.8 Å². The maximum Gasteiger partial charge on any atom is 0.289 e. The third-order valence-corrected chi connectivity index (χ3v) is 4.99. The zero-order valence-electron chi connectivity index (χ0n) is 14.9. The molecule has 0 radical (unpaired) electrons. The van der Waals surface area contributed by atoms with Gasteiger partial charge >= 0.3 is 0 Å². The van der Waals surface area contributed by atoms with Crippen molar-refractivity contribution in [3.8, 4) is 0 Å². The average Bonchev–Trinajstić information content (AvgIpc) is 3.16. The number of furan rings is 1. The Hall–Kier alpha value is -1.78. The molecular formula is C19H30N2O3. The van der Waals surface area contributed by atoms with Gasteiger partial charge in [0.2, 0.25) is 5.91 Å². The molecule has 1 aromatic rings. The summed E-state index contributed by atoms with van der Waals surface area (Å²) in [5, 5.41) is 3.12. The molecule has 2 heterocycles. The van der Waals surface area contributed by atoms with Gasteiger partial charge in [0.1, 0.15) is 0 Å². The van der Waals surface area contributed by atoms with Crippen LogP contribution in [-0.4, -0.2) is 36.3 Å². The molecule has 1 aliphatic heterocycles. The third kappa shape index (κ3) is 5.11. The van der Waals surface area contributed by atoms with Crippen LogP contribution in [0.1, 0.15) is 62.9 Å². The lowest BCUT2D eigenvalue weighted by Gasteiger charge is -2.31. The monoisotopic (exact) mass is 334 g/mol. The van der Waals surface area contributed by atoms with E-state index in [2.05, 4.69) is 19.2 Å². The lowest BCUT2D eigenvalue weighted by atomic mass is 9.94. The number of carbonyl (C=O) groups excluding carboxylic acids is 2. The Kier molecular flexibility index (Phi) is 7.35. The van der Waals surface area contributed by atoms with Crippen LogP contribution >= 0.6 is 0 Å². The summed E-state index contributed by atoms with van der Waals surface area (Å²) in [6.07, 6.45) is 7.68. The van der Waals surface area contributed by atoms with Crippen LogP contribution in [0.4, 0.5) is 0 Å². The molecule has 0 saturated carbocycles. The van der Waals surface area contributed by atoms with Crippen LogP contribution in [0.3, 0.4) is 0 Å². The van der Waals surface area contributed by atoms with Crippen LogP contribution in [-0.2, 0) is 4.79 Å². The minimum atomic E-state index is -0.0792. The standard InChI is InChI=1S/C19H30N2O3/c1-3-5-7-15(4-2)14-20-18(22)16-9-11-21(12-10-16)19(23)17-8-6-13-24-17/h6,8,13,15-16H,3-5,7,9-12,14H2,1-2H3,(H,20,22). The smallest absolute Gasteiger partial charge is 0.289 e. The van der Waals surface area contributed by atoms with E-state index in [-0.39, 0.29) is 17.7 Å². The van der Waals surface area contributed by atoms with E-state index in [0.717, 1.165) is 25.8 Å². The Morgan fingerprint density at radius 3 is 2.67 bits per heavy atom. The first-order valence-electron chi connectivity index (χ1n) is 9.26. The quantitative estimate of drug-likeness (QED) is 0.792. The second kappa shape index (κ2) is 9.50. The summed E-state index contributed by atoms with van der Waals surface area (Å²) in [5.74, 6) is 1.04. The maximum atomic E-state index is 12.4. The number of likely N-dealkylation sites (tertiary alicyclic amines) is 1. The van der Waals surface area contributed by atoms with Crippen molar-refractivity contribution in [3.05, 3.63) is 24.2 Å². The molecule has 0 aliphatic carbocycles. The second-order valence-corrected chi connectivity index (χ2v) is 6.71. The van der Waals surface area contributed by atoms with E-state index in [1.165, 1.54) is 25.5 Å². The van der Waals surface area contributed by atoms with Crippen molar-refractivity contribution in [1.29, 1.82) is 0 Å². The topological polar surface area (TPSA) is 62.6 Å². The Morgan fingerprint density at radius 1 is 1.33 bits per heavy atom. The summed E-state index contributed by atoms with van der Waals surface area (Å²) in [4.78, 5) is 26.4. The molecule has 0 bridgehead atoms. The third-order valence-electron chi connectivity index (χ3n) is 4.99. The Bertz CT molecular complexity index is 505. The molecule has 2 amide bonds. The van der Waals surface area contributed by atoms with Gasteiger partial charge in [-0.2, -0.15) is 0 Å². The Labute approximate surface area is 144 Å². The highest BCUT2D eigenvalue weighted by Gasteiger charge is 2.28. The lowest BCUT2D eigenvalue weighted by molar-refractivity contribution is -0.126. The minimum Gasteiger partial charge on any atom is -0.459 e. The van der Waals surface area contributed by atoms with Crippen molar-refractivity contribution in [3.63, 3.8) is 0 Å². The minimum absolute atomic E-state index is 0.0225. The Morgan fingerprint density at radius 2 is 2.08 bits per heavy atom. The van der Waals surface area contributed by atoms with Crippen LogP contribution < -0.4 is 5.32 Å². The van der Waals surface area contributed by atoms with Gasteiger partial charge in [0, 0.05) is 25.6 Å². The summed E-state index contributed by atoms with van der Waals surface area (Å²) < 4.78 is 5.16. The van der Waals surface area contributed by atoms with Gasteiger partial charge in [0.25, 0.3) is 5.91 Å². The highest BCUT2D eigenvalue weighted by atomic mass is 16.3. The fourth-order valence-corrected chi connectivity index (χ4v) is 3.23. The van der Waals surface area contributed by atoms with Gasteiger partial charge in [0.05, 0.1) is 6.26 Å². The van der Waals surface area contributed by atoms with E-state index in [1.54, 1.807) is 17.0 Å². The fraction of sp³-hybridized carbons (Fsp3) is 0.684. The summed E-state index contributed by atoms with van der Waals surface area (Å²) in [6.45, 7) is 6.39. The van der Waals surface area contributed by atoms with Gasteiger partial charge in [0.15, 0.2) is 5.76 Å². The molecule has 1 N–H and O–H groups in total. The maximum absolute atomic E-state index is 12.4. The number of carbonyl (C=O) groups is 2. The van der Waals surface area contributed by atoms with Crippen molar-refractivity contribution in [2.75, 3.05) is 19.6 Å². The SMILES string of the molecule is CCCCC(CC)CNC(=O)C1CCN(C(=O)c2ccco2)CC1. The molecule has 1 atom stereocenters. The molecule has 1 aromatic heterocycles. The van der Waals surface area contributed by atoms with Crippen molar-refractivity contribution >= 4 is 11.8 Å². The second-order valence-electron chi connectivity index (χ2n) is 6.71. The number of nitrogens with one attached hydrogen (secondary N) is 1. The highest BCUT2D eigenvalue weighted by molar-refractivity contribution is 5.91. The Balaban J connectivity index is 1.73. The predicted molar refractivity (Wildman–Crippen MR) is 93.7 cm³/mol. The number of piperidine rings is 1. The molecule has 1 saturated heterocycles. The van der Waals surface area contributed by atoms with Gasteiger partial charge in [-0.15, -0.1) is 0 Å². The van der Waals surface area contributed by atoms with Gasteiger partial charge in [-0.3, -0.25) is 9.59 Å². The lowest BCUT2D eigenvalue weighted by Crippen LogP contribution is -2.43. The first-order valence-corrected chi connectivity index (χ1v) is 9.26. The average molecular weight is 334 g/mol. The molecule has 0 spiro atoms. The molecule has 0 aromatic carbocycles. The van der Waals surface area contributed by atoms with Crippen molar-refractivity contribution in [1.82, 2.24) is 10.2 Å². The van der Waals surface area contributed by atoms with Crippen molar-refractivity contribution < 1.29 is 14.0 Å². The van der Waals surface area contributed by atoms with E-state index in [9.17, 15) is 9.59 Å². The number of hydrogen-bond acceptors (Lipinski definition) is 3. The van der Waals surface area contributed by atoms with Crippen LogP contribution in [0, 0.1) is 11.8 Å². The number of amides is 2. The predicted octanol–water partition coefficient (Wildman–Crippen LogP) is 3.46. The summed E-state index contributed by atoms with van der Waals surface area (Å²) >= 11 is 0. The molecular weight excluding hydrogens is 304 g/mol. The van der Waals surface area contributed by atoms with E-state index >= 15 is 0 Å². The number of rotatable bonds is 8. The molecule has 24 heavy (non-hydrogen) atoms. The van der Waals surface area contributed by atoms with E-state index in [1.807, 2.05) is 0 Å². The van der Waals surface area contributed by atoms with E-state index in [0.29, 0.717) is 24.8 Å². The molecule has 5 heteroatoms. The van der Waals surface area contributed by atoms with Gasteiger partial charge in [-0.1, -0.05) is 33.1 Å². The molecule has 5 nitrogen and oxygen atoms in total. The summed E-state index contributed by atoms with van der Waals surface area (Å²) in [6, 6.07) is 3.40. The first kappa shape index (κ1) is 18.6. The molecule has 1 fully saturated rings. The normalized spacial score (nSPS) is 16.8. The molecule has 2 rings (SSSR count). The molecule has 1 unspecified atom stereocenters. The van der Waals surface area contributed by atoms with E-state index < -0.39 is 0 Å². The zero-order valence-corrected chi connectivity index (χ0v) is 14.9. The number of nitrogens with zero attached hydrogens (tertiary/aromatic N) is 1. The largest absolute Gasteiger partial charge is 0.459 e. The molecule has 134 valence electrons. The first-order chi connectivity index (χ1) is 11.7.